The zero-order valence-corrected chi connectivity index (χ0v) is 11.9. The van der Waals surface area contributed by atoms with Gasteiger partial charge in [0.15, 0.2) is 11.5 Å². The van der Waals surface area contributed by atoms with Crippen molar-refractivity contribution in [3.63, 3.8) is 0 Å². The van der Waals surface area contributed by atoms with Crippen LogP contribution in [0.5, 0.6) is 17.2 Å². The molecule has 0 saturated heterocycles. The highest BCUT2D eigenvalue weighted by molar-refractivity contribution is 5.53. The van der Waals surface area contributed by atoms with E-state index in [1.165, 1.54) is 19.3 Å². The number of nitrogens with two attached hydrogens (primary N) is 1. The van der Waals surface area contributed by atoms with Gasteiger partial charge in [-0.1, -0.05) is 19.3 Å². The molecule has 1 fully saturated rings. The highest BCUT2D eigenvalue weighted by atomic mass is 16.5. The second kappa shape index (κ2) is 5.52. The first-order valence-electron chi connectivity index (χ1n) is 7.58. The minimum Gasteiger partial charge on any atom is -0.508 e. The Morgan fingerprint density at radius 1 is 1.00 bits per heavy atom. The molecule has 2 aliphatic rings. The summed E-state index contributed by atoms with van der Waals surface area (Å²) in [7, 11) is 0. The Labute approximate surface area is 119 Å². The molecule has 0 aromatic heterocycles. The molecule has 0 amide bonds. The minimum atomic E-state index is -0.104. The third-order valence-corrected chi connectivity index (χ3v) is 4.64. The van der Waals surface area contributed by atoms with Gasteiger partial charge in [0.05, 0.1) is 13.2 Å². The van der Waals surface area contributed by atoms with Crippen LogP contribution in [0.3, 0.4) is 0 Å². The van der Waals surface area contributed by atoms with Crippen molar-refractivity contribution in [1.82, 2.24) is 0 Å². The molecular formula is C16H23NO3. The fraction of sp³-hybridized carbons (Fsp3) is 0.625. The lowest BCUT2D eigenvalue weighted by atomic mass is 9.69. The fourth-order valence-corrected chi connectivity index (χ4v) is 3.43. The first-order chi connectivity index (χ1) is 9.75. The summed E-state index contributed by atoms with van der Waals surface area (Å²) in [5.41, 5.74) is 6.89. The molecule has 110 valence electrons. The van der Waals surface area contributed by atoms with E-state index in [0.717, 1.165) is 30.6 Å². The molecule has 3 N–H and O–H groups in total. The van der Waals surface area contributed by atoms with Crippen LogP contribution in [-0.4, -0.2) is 24.9 Å². The van der Waals surface area contributed by atoms with Gasteiger partial charge in [0.2, 0.25) is 0 Å². The predicted octanol–water partition coefficient (Wildman–Crippen LogP) is 2.71. The van der Waals surface area contributed by atoms with Gasteiger partial charge in [0, 0.05) is 30.0 Å². The molecule has 1 aliphatic carbocycles. The maximum absolute atomic E-state index is 10.4. The summed E-state index contributed by atoms with van der Waals surface area (Å²) in [4.78, 5) is 0. The molecule has 3 rings (SSSR count). The second-order valence-electron chi connectivity index (χ2n) is 5.91. The van der Waals surface area contributed by atoms with Crippen LogP contribution in [0.4, 0.5) is 0 Å². The van der Waals surface area contributed by atoms with E-state index >= 15 is 0 Å². The fourth-order valence-electron chi connectivity index (χ4n) is 3.43. The van der Waals surface area contributed by atoms with E-state index < -0.39 is 0 Å². The predicted molar refractivity (Wildman–Crippen MR) is 77.5 cm³/mol. The third kappa shape index (κ3) is 2.33. The Balaban J connectivity index is 2.02. The van der Waals surface area contributed by atoms with Crippen LogP contribution in [-0.2, 0) is 5.41 Å². The lowest BCUT2D eigenvalue weighted by Gasteiger charge is -2.37. The largest absolute Gasteiger partial charge is 0.508 e. The van der Waals surface area contributed by atoms with E-state index in [2.05, 4.69) is 0 Å². The topological polar surface area (TPSA) is 64.7 Å². The molecule has 1 aromatic rings. The quantitative estimate of drug-likeness (QED) is 0.872. The first-order valence-corrected chi connectivity index (χ1v) is 7.58. The maximum Gasteiger partial charge on any atom is 0.164 e. The number of ether oxygens (including phenoxy) is 2. The van der Waals surface area contributed by atoms with Crippen molar-refractivity contribution >= 4 is 0 Å². The van der Waals surface area contributed by atoms with Gasteiger partial charge >= 0.3 is 0 Å². The molecule has 4 nitrogen and oxygen atoms in total. The Kier molecular flexibility index (Phi) is 3.74. The van der Waals surface area contributed by atoms with Crippen molar-refractivity contribution in [2.24, 2.45) is 5.73 Å². The van der Waals surface area contributed by atoms with Gasteiger partial charge in [-0.25, -0.2) is 0 Å². The highest BCUT2D eigenvalue weighted by Gasteiger charge is 2.35. The zero-order chi connectivity index (χ0) is 14.0. The summed E-state index contributed by atoms with van der Waals surface area (Å²) in [5.74, 6) is 1.68. The first kappa shape index (κ1) is 13.6. The van der Waals surface area contributed by atoms with Gasteiger partial charge in [0.1, 0.15) is 5.75 Å². The summed E-state index contributed by atoms with van der Waals surface area (Å²) >= 11 is 0. The standard InChI is InChI=1S/C16H23NO3/c17-11-16(5-2-1-3-6-16)12-9-14-15(10-13(12)18)20-8-4-7-19-14/h9-10,18H,1-8,11,17H2. The normalized spacial score (nSPS) is 21.2. The van der Waals surface area contributed by atoms with Gasteiger partial charge in [-0.3, -0.25) is 0 Å². The number of aromatic hydroxyl groups is 1. The van der Waals surface area contributed by atoms with E-state index in [1.54, 1.807) is 6.07 Å². The van der Waals surface area contributed by atoms with Crippen molar-refractivity contribution in [3.05, 3.63) is 17.7 Å². The Hall–Kier alpha value is -1.42. The van der Waals surface area contributed by atoms with Crippen LogP contribution in [0.2, 0.25) is 0 Å². The molecule has 0 unspecified atom stereocenters. The zero-order valence-electron chi connectivity index (χ0n) is 11.9. The Morgan fingerprint density at radius 3 is 2.30 bits per heavy atom. The SMILES string of the molecule is NCC1(c2cc3c(cc2O)OCCCO3)CCCCC1. The molecule has 0 bridgehead atoms. The lowest BCUT2D eigenvalue weighted by molar-refractivity contribution is 0.286. The monoisotopic (exact) mass is 277 g/mol. The van der Waals surface area contributed by atoms with Gasteiger partial charge in [-0.15, -0.1) is 0 Å². The smallest absolute Gasteiger partial charge is 0.164 e. The summed E-state index contributed by atoms with van der Waals surface area (Å²) in [6.07, 6.45) is 6.55. The van der Waals surface area contributed by atoms with E-state index in [0.29, 0.717) is 31.3 Å². The van der Waals surface area contributed by atoms with E-state index in [1.807, 2.05) is 6.07 Å². The minimum absolute atomic E-state index is 0.104. The van der Waals surface area contributed by atoms with Crippen molar-refractivity contribution in [2.45, 2.75) is 43.9 Å². The maximum atomic E-state index is 10.4. The van der Waals surface area contributed by atoms with Gasteiger partial charge in [-0.05, 0) is 18.9 Å². The van der Waals surface area contributed by atoms with Gasteiger partial charge < -0.3 is 20.3 Å². The van der Waals surface area contributed by atoms with Crippen LogP contribution in [0, 0.1) is 0 Å². The number of hydrogen-bond acceptors (Lipinski definition) is 4. The summed E-state index contributed by atoms with van der Waals surface area (Å²) < 4.78 is 11.4. The molecule has 4 heteroatoms. The highest BCUT2D eigenvalue weighted by Crippen LogP contribution is 2.46. The second-order valence-corrected chi connectivity index (χ2v) is 5.91. The Morgan fingerprint density at radius 2 is 1.65 bits per heavy atom. The summed E-state index contributed by atoms with van der Waals surface area (Å²) in [6, 6.07) is 3.65. The average Bonchev–Trinajstić information content (AvgIpc) is 2.72. The molecular weight excluding hydrogens is 254 g/mol. The molecule has 0 spiro atoms. The van der Waals surface area contributed by atoms with Crippen LogP contribution in [0.15, 0.2) is 12.1 Å². The van der Waals surface area contributed by atoms with E-state index in [4.69, 9.17) is 15.2 Å². The van der Waals surface area contributed by atoms with Crippen molar-refractivity contribution in [2.75, 3.05) is 19.8 Å². The van der Waals surface area contributed by atoms with E-state index in [-0.39, 0.29) is 5.41 Å². The number of rotatable bonds is 2. The van der Waals surface area contributed by atoms with Crippen molar-refractivity contribution in [1.29, 1.82) is 0 Å². The van der Waals surface area contributed by atoms with Gasteiger partial charge in [-0.2, -0.15) is 0 Å². The van der Waals surface area contributed by atoms with Crippen molar-refractivity contribution in [3.8, 4) is 17.2 Å². The molecule has 1 heterocycles. The summed E-state index contributed by atoms with van der Waals surface area (Å²) in [6.45, 7) is 1.86. The molecule has 1 aliphatic heterocycles. The van der Waals surface area contributed by atoms with Crippen molar-refractivity contribution < 1.29 is 14.6 Å². The number of phenolic OH excluding ortho intramolecular Hbond substituents is 1. The van der Waals surface area contributed by atoms with Gasteiger partial charge in [0.25, 0.3) is 0 Å². The number of phenols is 1. The van der Waals surface area contributed by atoms with E-state index in [9.17, 15) is 5.11 Å². The van der Waals surface area contributed by atoms with Crippen LogP contribution in [0.25, 0.3) is 0 Å². The molecule has 0 radical (unpaired) electrons. The lowest BCUT2D eigenvalue weighted by Crippen LogP contribution is -2.37. The average molecular weight is 277 g/mol. The molecule has 20 heavy (non-hydrogen) atoms. The van der Waals surface area contributed by atoms with Crippen LogP contribution >= 0.6 is 0 Å². The number of fused-ring (bicyclic) bond motifs is 1. The Bertz CT molecular complexity index is 481. The van der Waals surface area contributed by atoms with Crippen LogP contribution in [0.1, 0.15) is 44.1 Å². The molecule has 1 aromatic carbocycles. The number of hydrogen-bond donors (Lipinski definition) is 2. The molecule has 1 saturated carbocycles. The number of benzene rings is 1. The van der Waals surface area contributed by atoms with Crippen LogP contribution < -0.4 is 15.2 Å². The summed E-state index contributed by atoms with van der Waals surface area (Å²) in [5, 5.41) is 10.4. The molecule has 0 atom stereocenters. The third-order valence-electron chi connectivity index (χ3n) is 4.64.